The Balaban J connectivity index is 1.71. The van der Waals surface area contributed by atoms with Crippen LogP contribution in [0.25, 0.3) is 0 Å². The Hall–Kier alpha value is -2.82. The van der Waals surface area contributed by atoms with E-state index in [1.807, 2.05) is 51.1 Å². The highest BCUT2D eigenvalue weighted by molar-refractivity contribution is 5.88. The molecule has 0 saturated heterocycles. The van der Waals surface area contributed by atoms with Crippen molar-refractivity contribution in [3.63, 3.8) is 0 Å². The summed E-state index contributed by atoms with van der Waals surface area (Å²) in [4.78, 5) is 28.3. The molecule has 5 heteroatoms. The van der Waals surface area contributed by atoms with E-state index in [1.54, 1.807) is 4.90 Å². The number of rotatable bonds is 10. The fourth-order valence-electron chi connectivity index (χ4n) is 4.68. The van der Waals surface area contributed by atoms with Gasteiger partial charge in [0.05, 0.1) is 0 Å². The Kier molecular flexibility index (Phi) is 9.35. The second-order valence-electron chi connectivity index (χ2n) is 9.20. The van der Waals surface area contributed by atoms with E-state index in [1.165, 1.54) is 6.42 Å². The van der Waals surface area contributed by atoms with Crippen LogP contribution in [0.2, 0.25) is 0 Å². The standard InChI is InChI=1S/C28H38N2O3/c1-4-26(28(32)29-24-13-9-6-10-14-24)30(16-15-23-11-7-5-8-12-23)27(31)20-33-25-18-21(2)17-22(3)19-25/h5,7-8,11-12,17-19,24,26H,4,6,9-10,13-16,20H2,1-3H3,(H,29,32)/t26-/m1/s1. The van der Waals surface area contributed by atoms with E-state index in [-0.39, 0.29) is 24.5 Å². The summed E-state index contributed by atoms with van der Waals surface area (Å²) in [7, 11) is 0. The van der Waals surface area contributed by atoms with Gasteiger partial charge in [-0.15, -0.1) is 0 Å². The van der Waals surface area contributed by atoms with Gasteiger partial charge in [-0.25, -0.2) is 0 Å². The molecule has 0 heterocycles. The van der Waals surface area contributed by atoms with Gasteiger partial charge in [-0.2, -0.15) is 0 Å². The molecular weight excluding hydrogens is 412 g/mol. The first kappa shape index (κ1) is 24.8. The van der Waals surface area contributed by atoms with Crippen molar-refractivity contribution in [3.05, 3.63) is 65.2 Å². The van der Waals surface area contributed by atoms with E-state index < -0.39 is 6.04 Å². The van der Waals surface area contributed by atoms with Crippen molar-refractivity contribution in [2.24, 2.45) is 0 Å². The molecule has 1 saturated carbocycles. The van der Waals surface area contributed by atoms with Crippen LogP contribution in [-0.2, 0) is 16.0 Å². The van der Waals surface area contributed by atoms with E-state index in [2.05, 4.69) is 23.5 Å². The van der Waals surface area contributed by atoms with Gasteiger partial charge in [0.1, 0.15) is 11.8 Å². The minimum absolute atomic E-state index is 0.0442. The zero-order chi connectivity index (χ0) is 23.6. The summed E-state index contributed by atoms with van der Waals surface area (Å²) < 4.78 is 5.86. The number of aryl methyl sites for hydroxylation is 2. The Morgan fingerprint density at radius 3 is 2.33 bits per heavy atom. The summed E-state index contributed by atoms with van der Waals surface area (Å²) in [5.74, 6) is 0.483. The largest absolute Gasteiger partial charge is 0.484 e. The second-order valence-corrected chi connectivity index (χ2v) is 9.20. The summed E-state index contributed by atoms with van der Waals surface area (Å²) in [5.41, 5.74) is 3.33. The highest BCUT2D eigenvalue weighted by Gasteiger charge is 2.30. The third kappa shape index (κ3) is 7.62. The zero-order valence-corrected chi connectivity index (χ0v) is 20.3. The number of hydrogen-bond acceptors (Lipinski definition) is 3. The molecule has 1 fully saturated rings. The Bertz CT molecular complexity index is 886. The van der Waals surface area contributed by atoms with Gasteiger partial charge in [-0.3, -0.25) is 9.59 Å². The first-order chi connectivity index (χ1) is 16.0. The number of nitrogens with zero attached hydrogens (tertiary/aromatic N) is 1. The molecule has 5 nitrogen and oxygen atoms in total. The predicted octanol–water partition coefficient (Wildman–Crippen LogP) is 4.98. The topological polar surface area (TPSA) is 58.6 Å². The predicted molar refractivity (Wildman–Crippen MR) is 132 cm³/mol. The second kappa shape index (κ2) is 12.4. The van der Waals surface area contributed by atoms with Gasteiger partial charge in [0.15, 0.2) is 6.61 Å². The molecule has 2 amide bonds. The van der Waals surface area contributed by atoms with Gasteiger partial charge in [-0.1, -0.05) is 62.6 Å². The molecule has 1 aliphatic rings. The maximum atomic E-state index is 13.3. The lowest BCUT2D eigenvalue weighted by Crippen LogP contribution is -2.53. The van der Waals surface area contributed by atoms with Crippen LogP contribution in [0.4, 0.5) is 0 Å². The van der Waals surface area contributed by atoms with Crippen LogP contribution < -0.4 is 10.1 Å². The van der Waals surface area contributed by atoms with Gasteiger partial charge < -0.3 is 15.0 Å². The van der Waals surface area contributed by atoms with Gasteiger partial charge >= 0.3 is 0 Å². The lowest BCUT2D eigenvalue weighted by atomic mass is 9.95. The van der Waals surface area contributed by atoms with Crippen LogP contribution in [-0.4, -0.2) is 41.9 Å². The molecule has 2 aromatic rings. The van der Waals surface area contributed by atoms with Gasteiger partial charge in [0, 0.05) is 12.6 Å². The van der Waals surface area contributed by atoms with Gasteiger partial charge in [0.2, 0.25) is 5.91 Å². The minimum Gasteiger partial charge on any atom is -0.484 e. The lowest BCUT2D eigenvalue weighted by Gasteiger charge is -2.32. The molecule has 0 radical (unpaired) electrons. The van der Waals surface area contributed by atoms with Crippen molar-refractivity contribution in [1.29, 1.82) is 0 Å². The molecule has 0 aromatic heterocycles. The molecule has 0 unspecified atom stereocenters. The van der Waals surface area contributed by atoms with Crippen LogP contribution in [0.5, 0.6) is 5.75 Å². The zero-order valence-electron chi connectivity index (χ0n) is 20.3. The molecule has 33 heavy (non-hydrogen) atoms. The lowest BCUT2D eigenvalue weighted by molar-refractivity contribution is -0.142. The summed E-state index contributed by atoms with van der Waals surface area (Å²) in [6, 6.07) is 15.7. The summed E-state index contributed by atoms with van der Waals surface area (Å²) >= 11 is 0. The maximum absolute atomic E-state index is 13.3. The number of amides is 2. The fraction of sp³-hybridized carbons (Fsp3) is 0.500. The van der Waals surface area contributed by atoms with E-state index >= 15 is 0 Å². The van der Waals surface area contributed by atoms with Gasteiger partial charge in [0.25, 0.3) is 5.91 Å². The third-order valence-electron chi connectivity index (χ3n) is 6.38. The van der Waals surface area contributed by atoms with Crippen LogP contribution in [0.1, 0.15) is 62.1 Å². The Morgan fingerprint density at radius 2 is 1.70 bits per heavy atom. The average Bonchev–Trinajstić information content (AvgIpc) is 2.81. The smallest absolute Gasteiger partial charge is 0.261 e. The van der Waals surface area contributed by atoms with Crippen molar-refractivity contribution in [2.45, 2.75) is 77.8 Å². The van der Waals surface area contributed by atoms with E-state index in [4.69, 9.17) is 4.74 Å². The molecule has 3 rings (SSSR count). The van der Waals surface area contributed by atoms with Crippen LogP contribution in [0.15, 0.2) is 48.5 Å². The molecule has 1 atom stereocenters. The molecule has 1 aliphatic carbocycles. The SMILES string of the molecule is CC[C@H](C(=O)NC1CCCCC1)N(CCc1ccccc1)C(=O)COc1cc(C)cc(C)c1. The first-order valence-electron chi connectivity index (χ1n) is 12.3. The normalized spacial score (nSPS) is 15.0. The molecule has 178 valence electrons. The van der Waals surface area contributed by atoms with Crippen molar-refractivity contribution >= 4 is 11.8 Å². The molecule has 0 aliphatic heterocycles. The van der Waals surface area contributed by atoms with Crippen molar-refractivity contribution in [3.8, 4) is 5.75 Å². The highest BCUT2D eigenvalue weighted by atomic mass is 16.5. The number of ether oxygens (including phenoxy) is 1. The number of carbonyl (C=O) groups is 2. The minimum atomic E-state index is -0.494. The van der Waals surface area contributed by atoms with E-state index in [0.29, 0.717) is 25.1 Å². The van der Waals surface area contributed by atoms with E-state index in [0.717, 1.165) is 42.4 Å². The third-order valence-corrected chi connectivity index (χ3v) is 6.38. The molecule has 0 bridgehead atoms. The molecular formula is C28H38N2O3. The fourth-order valence-corrected chi connectivity index (χ4v) is 4.68. The first-order valence-corrected chi connectivity index (χ1v) is 12.3. The Labute approximate surface area is 198 Å². The van der Waals surface area contributed by atoms with Crippen molar-refractivity contribution in [2.75, 3.05) is 13.2 Å². The summed E-state index contributed by atoms with van der Waals surface area (Å²) in [6.45, 7) is 6.40. The van der Waals surface area contributed by atoms with Crippen LogP contribution in [0, 0.1) is 13.8 Å². The summed E-state index contributed by atoms with van der Waals surface area (Å²) in [6.07, 6.45) is 6.86. The molecule has 1 N–H and O–H groups in total. The number of benzene rings is 2. The number of carbonyl (C=O) groups excluding carboxylic acids is 2. The molecule has 0 spiro atoms. The summed E-state index contributed by atoms with van der Waals surface area (Å²) in [5, 5.41) is 3.22. The quantitative estimate of drug-likeness (QED) is 0.555. The monoisotopic (exact) mass is 450 g/mol. The number of hydrogen-bond donors (Lipinski definition) is 1. The van der Waals surface area contributed by atoms with Crippen molar-refractivity contribution in [1.82, 2.24) is 10.2 Å². The Morgan fingerprint density at radius 1 is 1.03 bits per heavy atom. The maximum Gasteiger partial charge on any atom is 0.261 e. The van der Waals surface area contributed by atoms with Crippen LogP contribution >= 0.6 is 0 Å². The van der Waals surface area contributed by atoms with E-state index in [9.17, 15) is 9.59 Å². The van der Waals surface area contributed by atoms with Crippen molar-refractivity contribution < 1.29 is 14.3 Å². The van der Waals surface area contributed by atoms with Gasteiger partial charge in [-0.05, 0) is 68.4 Å². The highest BCUT2D eigenvalue weighted by Crippen LogP contribution is 2.19. The average molecular weight is 451 g/mol. The number of nitrogens with one attached hydrogen (secondary N) is 1. The molecule has 2 aromatic carbocycles. The van der Waals surface area contributed by atoms with Crippen LogP contribution in [0.3, 0.4) is 0 Å².